The van der Waals surface area contributed by atoms with Crippen molar-refractivity contribution < 1.29 is 0 Å². The van der Waals surface area contributed by atoms with Crippen LogP contribution in [0.25, 0.3) is 99.1 Å². The number of hydrogen-bond acceptors (Lipinski definition) is 0. The summed E-state index contributed by atoms with van der Waals surface area (Å²) in [6.45, 7) is 18.6. The Morgan fingerprint density at radius 2 is 0.613 bits per heavy atom. The molecule has 0 spiro atoms. The van der Waals surface area contributed by atoms with E-state index in [-0.39, 0.29) is 10.8 Å². The van der Waals surface area contributed by atoms with Crippen molar-refractivity contribution in [2.24, 2.45) is 0 Å². The van der Waals surface area contributed by atoms with Crippen molar-refractivity contribution in [3.05, 3.63) is 202 Å². The Hall–Kier alpha value is -6.76. The first-order chi connectivity index (χ1) is 29.9. The molecule has 0 aliphatic heterocycles. The van der Waals surface area contributed by atoms with Gasteiger partial charge in [-0.25, -0.2) is 0 Å². The Balaban J connectivity index is 1.22. The van der Waals surface area contributed by atoms with Crippen molar-refractivity contribution >= 4 is 32.3 Å². The summed E-state index contributed by atoms with van der Waals surface area (Å²) in [7, 11) is 0. The van der Waals surface area contributed by atoms with Crippen molar-refractivity contribution in [1.29, 1.82) is 0 Å². The summed E-state index contributed by atoms with van der Waals surface area (Å²) in [5.74, 6) is 0. The summed E-state index contributed by atoms with van der Waals surface area (Å²) in [5, 5.41) is 7.90. The average Bonchev–Trinajstić information content (AvgIpc) is 3.64. The summed E-state index contributed by atoms with van der Waals surface area (Å²) in [5.41, 5.74) is 26.5. The lowest BCUT2D eigenvalue weighted by atomic mass is 9.79. The molecule has 0 radical (unpaired) electrons. The molecule has 0 saturated carbocycles. The maximum absolute atomic E-state index is 2.51. The van der Waals surface area contributed by atoms with E-state index in [4.69, 9.17) is 0 Å². The van der Waals surface area contributed by atoms with Gasteiger partial charge in [-0.1, -0.05) is 161 Å². The molecule has 0 fully saturated rings. The van der Waals surface area contributed by atoms with Gasteiger partial charge in [0.15, 0.2) is 0 Å². The topological polar surface area (TPSA) is 0 Å². The molecule has 0 saturated heterocycles. The van der Waals surface area contributed by atoms with Crippen LogP contribution in [-0.4, -0.2) is 0 Å². The SMILES string of the molecule is Cc1cccc(C)c1-c1cc(-c2ccc3c(c2)-c2ccccc2C3(C)C)c2ccc3c(-c4c(C)cccc4C)cc(-c4ccc5c(c4)-c4ccccc4C5(C)C)c4ccc1c2c43. The molecule has 0 heterocycles. The summed E-state index contributed by atoms with van der Waals surface area (Å²) in [4.78, 5) is 0. The molecule has 12 rings (SSSR count). The molecule has 2 aliphatic rings. The number of benzene rings is 10. The molecule has 0 atom stereocenters. The van der Waals surface area contributed by atoms with Crippen molar-refractivity contribution in [2.75, 3.05) is 0 Å². The normalized spacial score (nSPS) is 14.4. The van der Waals surface area contributed by atoms with Gasteiger partial charge in [0.1, 0.15) is 0 Å². The number of hydrogen-bond donors (Lipinski definition) is 0. The van der Waals surface area contributed by atoms with Crippen molar-refractivity contribution in [3.63, 3.8) is 0 Å². The standard InChI is InChI=1S/C62H50/c1-35-15-13-16-36(2)57(35)51-33-47(39-23-29-55-49(31-39)41-19-9-11-21-53(41)61(55,5)6)43-26-28-46-52(58-37(3)17-14-18-38(58)4)34-48(44-25-27-45(51)59(43)60(44)46)40-24-30-56-50(32-40)42-20-10-12-22-54(42)62(56,7)8/h9-34H,1-8H3. The Morgan fingerprint density at radius 3 is 1.00 bits per heavy atom. The van der Waals surface area contributed by atoms with Crippen LogP contribution in [0.2, 0.25) is 0 Å². The molecule has 0 aromatic heterocycles. The Labute approximate surface area is 365 Å². The minimum atomic E-state index is -0.0492. The second-order valence-electron chi connectivity index (χ2n) is 19.4. The lowest BCUT2D eigenvalue weighted by Gasteiger charge is -2.24. The highest BCUT2D eigenvalue weighted by atomic mass is 14.4. The van der Waals surface area contributed by atoms with Crippen molar-refractivity contribution in [3.8, 4) is 66.8 Å². The Morgan fingerprint density at radius 1 is 0.274 bits per heavy atom. The molecule has 0 heteroatoms. The number of fused-ring (bicyclic) bond motifs is 6. The third-order valence-corrected chi connectivity index (χ3v) is 15.2. The van der Waals surface area contributed by atoms with Crippen LogP contribution in [0.3, 0.4) is 0 Å². The van der Waals surface area contributed by atoms with Gasteiger partial charge < -0.3 is 0 Å². The summed E-state index contributed by atoms with van der Waals surface area (Å²) in [6, 6.07) is 60.9. The highest BCUT2D eigenvalue weighted by molar-refractivity contribution is 6.32. The monoisotopic (exact) mass is 794 g/mol. The van der Waals surface area contributed by atoms with Gasteiger partial charge in [0.25, 0.3) is 0 Å². The van der Waals surface area contributed by atoms with Gasteiger partial charge in [-0.05, 0) is 196 Å². The maximum Gasteiger partial charge on any atom is 0.0158 e. The Bertz CT molecular complexity index is 3270. The first-order valence-corrected chi connectivity index (χ1v) is 22.3. The van der Waals surface area contributed by atoms with E-state index in [1.165, 1.54) is 144 Å². The maximum atomic E-state index is 2.51. The van der Waals surface area contributed by atoms with Gasteiger partial charge >= 0.3 is 0 Å². The molecule has 0 nitrogen and oxygen atoms in total. The zero-order valence-electron chi connectivity index (χ0n) is 37.0. The van der Waals surface area contributed by atoms with Crippen LogP contribution in [0.15, 0.2) is 158 Å². The molecule has 0 amide bonds. The molecule has 0 unspecified atom stereocenters. The number of aryl methyl sites for hydroxylation is 4. The van der Waals surface area contributed by atoms with Crippen LogP contribution in [0.5, 0.6) is 0 Å². The highest BCUT2D eigenvalue weighted by Crippen LogP contribution is 2.54. The van der Waals surface area contributed by atoms with E-state index < -0.39 is 0 Å². The summed E-state index contributed by atoms with van der Waals surface area (Å²) < 4.78 is 0. The fourth-order valence-corrected chi connectivity index (χ4v) is 12.1. The average molecular weight is 795 g/mol. The van der Waals surface area contributed by atoms with Gasteiger partial charge in [-0.15, -0.1) is 0 Å². The highest BCUT2D eigenvalue weighted by Gasteiger charge is 2.37. The van der Waals surface area contributed by atoms with Crippen LogP contribution in [-0.2, 0) is 10.8 Å². The quantitative estimate of drug-likeness (QED) is 0.156. The molecule has 10 aromatic carbocycles. The predicted octanol–water partition coefficient (Wildman–Crippen LogP) is 17.1. The summed E-state index contributed by atoms with van der Waals surface area (Å²) >= 11 is 0. The van der Waals surface area contributed by atoms with Crippen molar-refractivity contribution in [1.82, 2.24) is 0 Å². The first kappa shape index (κ1) is 37.0. The third-order valence-electron chi connectivity index (χ3n) is 15.2. The minimum absolute atomic E-state index is 0.0492. The zero-order valence-corrected chi connectivity index (χ0v) is 37.0. The molecule has 0 N–H and O–H groups in total. The van der Waals surface area contributed by atoms with E-state index in [1.54, 1.807) is 0 Å². The van der Waals surface area contributed by atoms with E-state index >= 15 is 0 Å². The molecule has 2 aliphatic carbocycles. The largest absolute Gasteiger partial charge is 0.0619 e. The van der Waals surface area contributed by atoms with E-state index in [1.807, 2.05) is 0 Å². The number of rotatable bonds is 4. The fourth-order valence-electron chi connectivity index (χ4n) is 12.1. The zero-order chi connectivity index (χ0) is 42.4. The van der Waals surface area contributed by atoms with Crippen LogP contribution in [0, 0.1) is 27.7 Å². The van der Waals surface area contributed by atoms with E-state index in [0.717, 1.165) is 0 Å². The predicted molar refractivity (Wildman–Crippen MR) is 266 cm³/mol. The van der Waals surface area contributed by atoms with Gasteiger partial charge in [0, 0.05) is 10.8 Å². The van der Waals surface area contributed by atoms with Crippen molar-refractivity contribution in [2.45, 2.75) is 66.2 Å². The van der Waals surface area contributed by atoms with Gasteiger partial charge in [-0.2, -0.15) is 0 Å². The smallest absolute Gasteiger partial charge is 0.0158 e. The van der Waals surface area contributed by atoms with Gasteiger partial charge in [0.2, 0.25) is 0 Å². The van der Waals surface area contributed by atoms with Crippen LogP contribution < -0.4 is 0 Å². The Kier molecular flexibility index (Phi) is 7.70. The molecule has 10 aromatic rings. The van der Waals surface area contributed by atoms with Crippen LogP contribution >= 0.6 is 0 Å². The van der Waals surface area contributed by atoms with Crippen LogP contribution in [0.1, 0.15) is 72.2 Å². The fraction of sp³-hybridized carbons (Fsp3) is 0.161. The molecule has 0 bridgehead atoms. The second-order valence-corrected chi connectivity index (χ2v) is 19.4. The van der Waals surface area contributed by atoms with Crippen LogP contribution in [0.4, 0.5) is 0 Å². The molecule has 298 valence electrons. The van der Waals surface area contributed by atoms with Gasteiger partial charge in [0.05, 0.1) is 0 Å². The molecular weight excluding hydrogens is 745 g/mol. The third kappa shape index (κ3) is 4.95. The van der Waals surface area contributed by atoms with E-state index in [0.29, 0.717) is 0 Å². The molecule has 62 heavy (non-hydrogen) atoms. The van der Waals surface area contributed by atoms with E-state index in [9.17, 15) is 0 Å². The molecular formula is C62H50. The lowest BCUT2D eigenvalue weighted by Crippen LogP contribution is -2.14. The van der Waals surface area contributed by atoms with E-state index in [2.05, 4.69) is 213 Å². The summed E-state index contributed by atoms with van der Waals surface area (Å²) in [6.07, 6.45) is 0. The second kappa shape index (κ2) is 12.9. The first-order valence-electron chi connectivity index (χ1n) is 22.3. The minimum Gasteiger partial charge on any atom is -0.0619 e. The van der Waals surface area contributed by atoms with Gasteiger partial charge in [-0.3, -0.25) is 0 Å². The lowest BCUT2D eigenvalue weighted by molar-refractivity contribution is 0.660.